The zero-order valence-corrected chi connectivity index (χ0v) is 10.9. The number of nitrogens with one attached hydrogen (secondary N) is 1. The van der Waals surface area contributed by atoms with E-state index in [9.17, 15) is 4.79 Å². The summed E-state index contributed by atoms with van der Waals surface area (Å²) < 4.78 is 1.55. The van der Waals surface area contributed by atoms with Gasteiger partial charge in [-0.05, 0) is 34.1 Å². The van der Waals surface area contributed by atoms with Gasteiger partial charge in [0.2, 0.25) is 0 Å². The minimum Gasteiger partial charge on any atom is -0.478 e. The molecule has 0 spiro atoms. The Morgan fingerprint density at radius 3 is 2.67 bits per heavy atom. The van der Waals surface area contributed by atoms with Gasteiger partial charge in [-0.1, -0.05) is 22.5 Å². The smallest absolute Gasteiger partial charge is 0.335 e. The van der Waals surface area contributed by atoms with Gasteiger partial charge in [0.05, 0.1) is 5.56 Å². The van der Waals surface area contributed by atoms with Crippen molar-refractivity contribution in [3.8, 4) is 0 Å². The number of rotatable bonds is 4. The van der Waals surface area contributed by atoms with Crippen molar-refractivity contribution < 1.29 is 9.90 Å². The lowest BCUT2D eigenvalue weighted by molar-refractivity contribution is 0.0697. The van der Waals surface area contributed by atoms with Gasteiger partial charge >= 0.3 is 5.97 Å². The number of carboxylic acids is 1. The molecule has 0 atom stereocenters. The first-order chi connectivity index (χ1) is 7.00. The average Bonchev–Trinajstić information content (AvgIpc) is 2.15. The molecule has 0 bridgehead atoms. The van der Waals surface area contributed by atoms with Crippen LogP contribution in [0.15, 0.2) is 33.7 Å². The zero-order valence-electron chi connectivity index (χ0n) is 7.76. The first-order valence-electron chi connectivity index (χ1n) is 4.10. The van der Waals surface area contributed by atoms with Gasteiger partial charge in [0.1, 0.15) is 0 Å². The third kappa shape index (κ3) is 3.68. The quantitative estimate of drug-likeness (QED) is 0.886. The van der Waals surface area contributed by atoms with E-state index in [1.165, 1.54) is 0 Å². The maximum absolute atomic E-state index is 10.7. The third-order valence-corrected chi connectivity index (χ3v) is 2.62. The molecule has 1 aromatic rings. The summed E-state index contributed by atoms with van der Waals surface area (Å²) >= 11 is 6.52. The van der Waals surface area contributed by atoms with Gasteiger partial charge in [0.25, 0.3) is 0 Å². The van der Waals surface area contributed by atoms with Crippen LogP contribution in [0.2, 0.25) is 0 Å². The van der Waals surface area contributed by atoms with Gasteiger partial charge in [-0.2, -0.15) is 0 Å². The monoisotopic (exact) mass is 333 g/mol. The number of aromatic carboxylic acids is 1. The lowest BCUT2D eigenvalue weighted by Gasteiger charge is -2.08. The predicted molar refractivity (Wildman–Crippen MR) is 67.7 cm³/mol. The summed E-state index contributed by atoms with van der Waals surface area (Å²) in [6.45, 7) is 4.28. The number of hydrogen-bond acceptors (Lipinski definition) is 2. The van der Waals surface area contributed by atoms with Crippen molar-refractivity contribution in [2.24, 2.45) is 0 Å². The predicted octanol–water partition coefficient (Wildman–Crippen LogP) is 3.47. The largest absolute Gasteiger partial charge is 0.478 e. The highest BCUT2D eigenvalue weighted by molar-refractivity contribution is 9.11. The normalized spacial score (nSPS) is 9.73. The van der Waals surface area contributed by atoms with Crippen molar-refractivity contribution in [1.29, 1.82) is 0 Å². The van der Waals surface area contributed by atoms with Gasteiger partial charge in [0, 0.05) is 21.2 Å². The van der Waals surface area contributed by atoms with Crippen LogP contribution in [0.3, 0.4) is 0 Å². The summed E-state index contributed by atoms with van der Waals surface area (Å²) in [4.78, 5) is 10.7. The van der Waals surface area contributed by atoms with Crippen molar-refractivity contribution in [2.75, 3.05) is 11.9 Å². The number of carboxylic acid groups (broad SMARTS) is 1. The van der Waals surface area contributed by atoms with Gasteiger partial charge in [-0.3, -0.25) is 0 Å². The standard InChI is InChI=1S/C10H9Br2NO2/c1-6(11)5-13-9-3-2-7(10(14)15)4-8(9)12/h2-4,13H,1,5H2,(H,14,15). The topological polar surface area (TPSA) is 49.3 Å². The number of halogens is 2. The summed E-state index contributed by atoms with van der Waals surface area (Å²) in [6, 6.07) is 4.82. The van der Waals surface area contributed by atoms with Crippen molar-refractivity contribution >= 4 is 43.5 Å². The molecule has 15 heavy (non-hydrogen) atoms. The van der Waals surface area contributed by atoms with E-state index >= 15 is 0 Å². The van der Waals surface area contributed by atoms with E-state index in [4.69, 9.17) is 5.11 Å². The van der Waals surface area contributed by atoms with Crippen LogP contribution >= 0.6 is 31.9 Å². The Bertz CT molecular complexity index is 404. The van der Waals surface area contributed by atoms with Crippen LogP contribution in [0.4, 0.5) is 5.69 Å². The molecule has 0 aromatic heterocycles. The molecule has 0 saturated heterocycles. The molecule has 0 amide bonds. The second-order valence-electron chi connectivity index (χ2n) is 2.87. The number of hydrogen-bond donors (Lipinski definition) is 2. The van der Waals surface area contributed by atoms with E-state index < -0.39 is 5.97 Å². The fourth-order valence-corrected chi connectivity index (χ4v) is 1.64. The second-order valence-corrected chi connectivity index (χ2v) is 4.85. The molecular weight excluding hydrogens is 326 g/mol. The minimum absolute atomic E-state index is 0.255. The van der Waals surface area contributed by atoms with Crippen molar-refractivity contribution in [3.63, 3.8) is 0 Å². The lowest BCUT2D eigenvalue weighted by atomic mass is 10.2. The van der Waals surface area contributed by atoms with Crippen molar-refractivity contribution in [2.45, 2.75) is 0 Å². The molecule has 0 heterocycles. The van der Waals surface area contributed by atoms with E-state index in [2.05, 4.69) is 43.8 Å². The molecule has 3 nitrogen and oxygen atoms in total. The highest BCUT2D eigenvalue weighted by atomic mass is 79.9. The summed E-state index contributed by atoms with van der Waals surface area (Å²) in [5, 5.41) is 11.8. The maximum atomic E-state index is 10.7. The zero-order chi connectivity index (χ0) is 11.4. The van der Waals surface area contributed by atoms with E-state index in [0.717, 1.165) is 14.6 Å². The molecule has 0 aliphatic rings. The van der Waals surface area contributed by atoms with Gasteiger partial charge in [-0.15, -0.1) is 0 Å². The molecule has 0 radical (unpaired) electrons. The first-order valence-corrected chi connectivity index (χ1v) is 5.69. The molecule has 2 N–H and O–H groups in total. The van der Waals surface area contributed by atoms with Crippen LogP contribution < -0.4 is 5.32 Å². The van der Waals surface area contributed by atoms with Crippen molar-refractivity contribution in [3.05, 3.63) is 39.3 Å². The fraction of sp³-hybridized carbons (Fsp3) is 0.100. The van der Waals surface area contributed by atoms with Gasteiger partial charge in [0.15, 0.2) is 0 Å². The number of benzene rings is 1. The van der Waals surface area contributed by atoms with Gasteiger partial charge < -0.3 is 10.4 Å². The number of anilines is 1. The molecule has 0 aliphatic heterocycles. The third-order valence-electron chi connectivity index (χ3n) is 1.69. The van der Waals surface area contributed by atoms with Crippen LogP contribution in [0.5, 0.6) is 0 Å². The summed E-state index contributed by atoms with van der Waals surface area (Å²) in [5.41, 5.74) is 1.09. The Kier molecular flexibility index (Phi) is 4.35. The van der Waals surface area contributed by atoms with E-state index in [1.807, 2.05) is 0 Å². The maximum Gasteiger partial charge on any atom is 0.335 e. The molecular formula is C10H9Br2NO2. The highest BCUT2D eigenvalue weighted by Gasteiger charge is 2.06. The molecule has 0 unspecified atom stereocenters. The minimum atomic E-state index is -0.938. The van der Waals surface area contributed by atoms with E-state index in [1.54, 1.807) is 18.2 Å². The summed E-state index contributed by atoms with van der Waals surface area (Å²) in [7, 11) is 0. The molecule has 1 aromatic carbocycles. The van der Waals surface area contributed by atoms with Crippen LogP contribution in [-0.4, -0.2) is 17.6 Å². The SMILES string of the molecule is C=C(Br)CNc1ccc(C(=O)O)cc1Br. The van der Waals surface area contributed by atoms with Gasteiger partial charge in [-0.25, -0.2) is 4.79 Å². The second kappa shape index (κ2) is 5.32. The average molecular weight is 335 g/mol. The Morgan fingerprint density at radius 1 is 1.53 bits per heavy atom. The van der Waals surface area contributed by atoms with Crippen LogP contribution in [-0.2, 0) is 0 Å². The highest BCUT2D eigenvalue weighted by Crippen LogP contribution is 2.24. The molecule has 1 rings (SSSR count). The molecule has 0 saturated carbocycles. The number of carbonyl (C=O) groups is 1. The van der Waals surface area contributed by atoms with Crippen LogP contribution in [0, 0.1) is 0 Å². The van der Waals surface area contributed by atoms with E-state index in [0.29, 0.717) is 6.54 Å². The summed E-state index contributed by atoms with van der Waals surface area (Å²) in [5.74, 6) is -0.938. The molecule has 0 fully saturated rings. The summed E-state index contributed by atoms with van der Waals surface area (Å²) in [6.07, 6.45) is 0. The van der Waals surface area contributed by atoms with Crippen LogP contribution in [0.1, 0.15) is 10.4 Å². The fourth-order valence-electron chi connectivity index (χ4n) is 0.983. The first kappa shape index (κ1) is 12.3. The Balaban J connectivity index is 2.83. The lowest BCUT2D eigenvalue weighted by Crippen LogP contribution is -2.03. The van der Waals surface area contributed by atoms with Crippen LogP contribution in [0.25, 0.3) is 0 Å². The Morgan fingerprint density at radius 2 is 2.20 bits per heavy atom. The molecule has 5 heteroatoms. The van der Waals surface area contributed by atoms with Crippen molar-refractivity contribution in [1.82, 2.24) is 0 Å². The molecule has 0 aliphatic carbocycles. The molecule has 80 valence electrons. The Hall–Kier alpha value is -0.810. The Labute approximate surface area is 104 Å². The van der Waals surface area contributed by atoms with E-state index in [-0.39, 0.29) is 5.56 Å².